The van der Waals surface area contributed by atoms with Crippen molar-refractivity contribution in [1.82, 2.24) is 0 Å². The molecule has 0 aliphatic heterocycles. The van der Waals surface area contributed by atoms with Crippen molar-refractivity contribution in [2.24, 2.45) is 20.5 Å². The molecule has 0 N–H and O–H groups in total. The largest absolute Gasteiger partial charge is 0.391 e. The maximum absolute atomic E-state index is 11.4. The first-order valence-electron chi connectivity index (χ1n) is 10.4. The molecule has 0 spiro atoms. The van der Waals surface area contributed by atoms with Gasteiger partial charge in [-0.05, 0) is 86.1 Å². The van der Waals surface area contributed by atoms with E-state index in [0.29, 0.717) is 16.9 Å². The van der Waals surface area contributed by atoms with E-state index in [9.17, 15) is 4.79 Å². The highest BCUT2D eigenvalue weighted by molar-refractivity contribution is 7.75. The number of hydrogen-bond acceptors (Lipinski definition) is 8. The molecule has 7 nitrogen and oxygen atoms in total. The minimum absolute atomic E-state index is 0.395. The van der Waals surface area contributed by atoms with Gasteiger partial charge in [0.2, 0.25) is 0 Å². The van der Waals surface area contributed by atoms with Crippen LogP contribution in [0.2, 0.25) is 0 Å². The van der Waals surface area contributed by atoms with Crippen LogP contribution in [0.1, 0.15) is 30.6 Å². The number of nitrogens with zero attached hydrogens (tertiary/aromatic N) is 5. The zero-order valence-electron chi connectivity index (χ0n) is 18.0. The highest BCUT2D eigenvalue weighted by Crippen LogP contribution is 2.25. The summed E-state index contributed by atoms with van der Waals surface area (Å²) in [6, 6.07) is 22.0. The second-order valence-electron chi connectivity index (χ2n) is 6.94. The van der Waals surface area contributed by atoms with E-state index in [0.717, 1.165) is 30.9 Å². The second kappa shape index (κ2) is 11.8. The lowest BCUT2D eigenvalue weighted by Crippen LogP contribution is -2.23. The maximum Gasteiger partial charge on any atom is 0.349 e. The van der Waals surface area contributed by atoms with Crippen LogP contribution in [-0.2, 0) is 4.18 Å². The summed E-state index contributed by atoms with van der Waals surface area (Å²) in [5.41, 5.74) is 4.42. The van der Waals surface area contributed by atoms with Gasteiger partial charge in [0, 0.05) is 31.7 Å². The number of rotatable bonds is 9. The monoisotopic (exact) mass is 447 g/mol. The number of carbonyl (C=O) groups excluding carboxylic acids is 1. The first-order valence-corrected chi connectivity index (χ1v) is 10.7. The topological polar surface area (TPSA) is 79.0 Å². The third-order valence-electron chi connectivity index (χ3n) is 4.69. The van der Waals surface area contributed by atoms with Crippen LogP contribution in [0.15, 0.2) is 93.3 Å². The Morgan fingerprint density at radius 2 is 1.16 bits per heavy atom. The summed E-state index contributed by atoms with van der Waals surface area (Å²) in [6.07, 6.45) is 1.12. The zero-order valence-corrected chi connectivity index (χ0v) is 18.9. The van der Waals surface area contributed by atoms with Gasteiger partial charge in [0.15, 0.2) is 0 Å². The van der Waals surface area contributed by atoms with E-state index in [4.69, 9.17) is 0 Å². The van der Waals surface area contributed by atoms with Crippen molar-refractivity contribution in [1.29, 1.82) is 0 Å². The molecule has 0 fully saturated rings. The molecule has 0 radical (unpaired) electrons. The predicted molar refractivity (Wildman–Crippen MR) is 130 cm³/mol. The van der Waals surface area contributed by atoms with E-state index in [1.165, 1.54) is 5.69 Å². The molecule has 3 aromatic carbocycles. The van der Waals surface area contributed by atoms with E-state index in [1.54, 1.807) is 24.3 Å². The molecule has 0 atom stereocenters. The van der Waals surface area contributed by atoms with Gasteiger partial charge in [0.1, 0.15) is 0 Å². The molecular weight excluding hydrogens is 422 g/mol. The van der Waals surface area contributed by atoms with Crippen molar-refractivity contribution >= 4 is 47.3 Å². The van der Waals surface area contributed by atoms with Crippen molar-refractivity contribution in [2.75, 3.05) is 18.0 Å². The van der Waals surface area contributed by atoms with Gasteiger partial charge >= 0.3 is 5.97 Å². The van der Waals surface area contributed by atoms with Gasteiger partial charge in [0.25, 0.3) is 0 Å². The fraction of sp³-hybridized carbons (Fsp3) is 0.208. The second-order valence-corrected chi connectivity index (χ2v) is 7.12. The molecule has 164 valence electrons. The molecule has 0 amide bonds. The molecule has 0 saturated carbocycles. The summed E-state index contributed by atoms with van der Waals surface area (Å²) < 4.78 is 4.38. The van der Waals surface area contributed by atoms with E-state index < -0.39 is 5.97 Å². The van der Waals surface area contributed by atoms with Crippen molar-refractivity contribution < 1.29 is 8.98 Å². The van der Waals surface area contributed by atoms with Crippen LogP contribution in [0.4, 0.5) is 28.4 Å². The van der Waals surface area contributed by atoms with Crippen molar-refractivity contribution in [3.8, 4) is 0 Å². The molecule has 0 aliphatic rings. The molecule has 3 aromatic rings. The average molecular weight is 448 g/mol. The lowest BCUT2D eigenvalue weighted by Gasteiger charge is -2.22. The van der Waals surface area contributed by atoms with Crippen molar-refractivity contribution in [3.63, 3.8) is 0 Å². The molecule has 32 heavy (non-hydrogen) atoms. The zero-order chi connectivity index (χ0) is 22.8. The van der Waals surface area contributed by atoms with Gasteiger partial charge in [-0.2, -0.15) is 20.5 Å². The van der Waals surface area contributed by atoms with Crippen LogP contribution >= 0.6 is 12.9 Å². The minimum atomic E-state index is -0.517. The summed E-state index contributed by atoms with van der Waals surface area (Å²) in [5.74, 6) is -0.517. The van der Waals surface area contributed by atoms with Crippen molar-refractivity contribution in [3.05, 3.63) is 78.4 Å². The van der Waals surface area contributed by atoms with Crippen LogP contribution in [-0.4, -0.2) is 19.1 Å². The highest BCUT2D eigenvalue weighted by Gasteiger charge is 2.05. The molecule has 0 bridgehead atoms. The lowest BCUT2D eigenvalue weighted by molar-refractivity contribution is 0.0772. The Kier molecular flexibility index (Phi) is 8.51. The third-order valence-corrected chi connectivity index (χ3v) is 4.85. The molecular formula is C24H25N5O2S. The van der Waals surface area contributed by atoms with Crippen LogP contribution in [0.5, 0.6) is 0 Å². The number of anilines is 1. The summed E-state index contributed by atoms with van der Waals surface area (Å²) >= 11 is 3.50. The molecule has 8 heteroatoms. The minimum Gasteiger partial charge on any atom is -0.391 e. The Morgan fingerprint density at radius 3 is 1.53 bits per heavy atom. The number of benzene rings is 3. The summed E-state index contributed by atoms with van der Waals surface area (Å²) in [7, 11) is 0. The van der Waals surface area contributed by atoms with Gasteiger partial charge in [-0.3, -0.25) is 0 Å². The van der Waals surface area contributed by atoms with E-state index in [2.05, 4.69) is 68.4 Å². The van der Waals surface area contributed by atoms with E-state index >= 15 is 0 Å². The van der Waals surface area contributed by atoms with Crippen LogP contribution in [0.25, 0.3) is 0 Å². The molecule has 0 heterocycles. The molecule has 0 unspecified atom stereocenters. The van der Waals surface area contributed by atoms with Gasteiger partial charge in [-0.25, -0.2) is 4.79 Å². The Hall–Kier alpha value is -3.52. The van der Waals surface area contributed by atoms with Crippen LogP contribution in [0.3, 0.4) is 0 Å². The molecule has 0 aliphatic carbocycles. The van der Waals surface area contributed by atoms with Crippen molar-refractivity contribution in [2.45, 2.75) is 20.3 Å². The average Bonchev–Trinajstić information content (AvgIpc) is 2.85. The van der Waals surface area contributed by atoms with Gasteiger partial charge in [-0.15, -0.1) is 0 Å². The number of carbonyl (C=O) groups is 1. The van der Waals surface area contributed by atoms with Gasteiger partial charge < -0.3 is 9.08 Å². The number of azo groups is 2. The third kappa shape index (κ3) is 6.49. The first kappa shape index (κ1) is 23.1. The fourth-order valence-electron chi connectivity index (χ4n) is 3.00. The van der Waals surface area contributed by atoms with Gasteiger partial charge in [0.05, 0.1) is 28.3 Å². The Labute approximate surface area is 193 Å². The maximum atomic E-state index is 11.4. The quantitative estimate of drug-likeness (QED) is 0.207. The standard InChI is InChI=1S/C24H25N5O2S/c1-3-17-29(4-2)23-15-13-22(14-16-23)28-27-21-11-9-20(10-12-21)26-25-19-7-5-18(6-8-19)24(30)31-32/h5-16,32H,3-4,17H2,1-2H3. The number of hydrogen-bond donors (Lipinski definition) is 1. The summed E-state index contributed by atoms with van der Waals surface area (Å²) in [4.78, 5) is 13.7. The smallest absolute Gasteiger partial charge is 0.349 e. The lowest BCUT2D eigenvalue weighted by atomic mass is 10.2. The molecule has 0 aromatic heterocycles. The Balaban J connectivity index is 1.60. The SMILES string of the molecule is CCCN(CC)c1ccc(N=Nc2ccc(N=Nc3ccc(C(=O)OS)cc3)cc2)cc1. The van der Waals surface area contributed by atoms with Gasteiger partial charge in [-0.1, -0.05) is 6.92 Å². The predicted octanol–water partition coefficient (Wildman–Crippen LogP) is 7.76. The molecule has 3 rings (SSSR count). The normalized spacial score (nSPS) is 11.2. The Bertz CT molecular complexity index is 1070. The van der Waals surface area contributed by atoms with Crippen LogP contribution in [0, 0.1) is 0 Å². The fourth-order valence-corrected chi connectivity index (χ4v) is 3.11. The molecule has 0 saturated heterocycles. The highest BCUT2D eigenvalue weighted by atomic mass is 32.1. The number of thiol groups is 1. The van der Waals surface area contributed by atoms with Crippen LogP contribution < -0.4 is 4.90 Å². The first-order chi connectivity index (χ1) is 15.6. The van der Waals surface area contributed by atoms with E-state index in [1.807, 2.05) is 36.4 Å². The summed E-state index contributed by atoms with van der Waals surface area (Å²) in [5, 5.41) is 17.0. The summed E-state index contributed by atoms with van der Waals surface area (Å²) in [6.45, 7) is 6.36. The Morgan fingerprint density at radius 1 is 0.750 bits per heavy atom. The van der Waals surface area contributed by atoms with E-state index in [-0.39, 0.29) is 0 Å².